The van der Waals surface area contributed by atoms with Crippen molar-refractivity contribution in [2.45, 2.75) is 45.1 Å². The van der Waals surface area contributed by atoms with E-state index in [9.17, 15) is 0 Å². The Morgan fingerprint density at radius 2 is 1.74 bits per heavy atom. The van der Waals surface area contributed by atoms with E-state index >= 15 is 0 Å². The Hall–Kier alpha value is -1.61. The van der Waals surface area contributed by atoms with Crippen LogP contribution in [0.5, 0.6) is 0 Å². The number of nitrogens with zero attached hydrogens (tertiary/aromatic N) is 1. The number of imidazole rings is 1. The van der Waals surface area contributed by atoms with E-state index in [-0.39, 0.29) is 5.54 Å². The van der Waals surface area contributed by atoms with Gasteiger partial charge in [-0.3, -0.25) is 0 Å². The quantitative estimate of drug-likeness (QED) is 0.864. The number of aromatic amines is 1. The third-order valence-corrected chi connectivity index (χ3v) is 4.08. The highest BCUT2D eigenvalue weighted by Gasteiger charge is 2.33. The molecule has 0 saturated heterocycles. The van der Waals surface area contributed by atoms with Gasteiger partial charge in [-0.2, -0.15) is 0 Å². The summed E-state index contributed by atoms with van der Waals surface area (Å²) in [5.74, 6) is 0.944. The summed E-state index contributed by atoms with van der Waals surface area (Å²) in [5.41, 5.74) is 11.0. The smallest absolute Gasteiger partial charge is 0.126 e. The van der Waals surface area contributed by atoms with Gasteiger partial charge in [-0.15, -0.1) is 0 Å². The van der Waals surface area contributed by atoms with Crippen LogP contribution < -0.4 is 5.73 Å². The molecule has 1 aromatic carbocycles. The molecule has 0 radical (unpaired) electrons. The van der Waals surface area contributed by atoms with Crippen LogP contribution >= 0.6 is 0 Å². The molecule has 1 heterocycles. The fourth-order valence-corrected chi connectivity index (χ4v) is 3.09. The largest absolute Gasteiger partial charge is 0.340 e. The summed E-state index contributed by atoms with van der Waals surface area (Å²) >= 11 is 0. The predicted octanol–water partition coefficient (Wildman–Crippen LogP) is 3.42. The van der Waals surface area contributed by atoms with Crippen LogP contribution in [0, 0.1) is 13.8 Å². The molecule has 0 spiro atoms. The van der Waals surface area contributed by atoms with Gasteiger partial charge < -0.3 is 10.7 Å². The molecule has 3 rings (SSSR count). The summed E-state index contributed by atoms with van der Waals surface area (Å²) < 4.78 is 0. The van der Waals surface area contributed by atoms with E-state index in [1.165, 1.54) is 29.5 Å². The second-order valence-corrected chi connectivity index (χ2v) is 5.89. The van der Waals surface area contributed by atoms with Gasteiger partial charge in [0.05, 0.1) is 17.4 Å². The van der Waals surface area contributed by atoms with Crippen molar-refractivity contribution in [2.24, 2.45) is 5.73 Å². The predicted molar refractivity (Wildman–Crippen MR) is 77.8 cm³/mol. The van der Waals surface area contributed by atoms with E-state index < -0.39 is 0 Å². The van der Waals surface area contributed by atoms with Crippen molar-refractivity contribution in [3.05, 3.63) is 41.3 Å². The van der Waals surface area contributed by atoms with Crippen LogP contribution in [0.2, 0.25) is 0 Å². The number of benzene rings is 1. The molecule has 0 aliphatic heterocycles. The lowest BCUT2D eigenvalue weighted by molar-refractivity contribution is 0.436. The second kappa shape index (κ2) is 4.49. The molecule has 0 atom stereocenters. The molecule has 1 aliphatic rings. The fourth-order valence-electron chi connectivity index (χ4n) is 3.09. The molecule has 0 bridgehead atoms. The third kappa shape index (κ3) is 2.30. The molecule has 3 N–H and O–H groups in total. The van der Waals surface area contributed by atoms with Crippen LogP contribution in [0.15, 0.2) is 24.4 Å². The van der Waals surface area contributed by atoms with Crippen molar-refractivity contribution >= 4 is 0 Å². The number of rotatable bonds is 2. The van der Waals surface area contributed by atoms with Crippen molar-refractivity contribution in [2.75, 3.05) is 0 Å². The van der Waals surface area contributed by atoms with Gasteiger partial charge in [0.25, 0.3) is 0 Å². The summed E-state index contributed by atoms with van der Waals surface area (Å²) in [6.45, 7) is 4.24. The maximum Gasteiger partial charge on any atom is 0.126 e. The monoisotopic (exact) mass is 255 g/mol. The van der Waals surface area contributed by atoms with E-state index in [0.717, 1.165) is 24.4 Å². The fraction of sp³-hybridized carbons (Fsp3) is 0.438. The molecule has 2 aromatic rings. The standard InChI is InChI=1S/C16H21N3/c1-11-7-12(2)9-13(8-11)14-10-18-15(19-14)16(17)5-3-4-6-16/h7-10H,3-6,17H2,1-2H3,(H,18,19). The highest BCUT2D eigenvalue weighted by Crippen LogP contribution is 2.35. The van der Waals surface area contributed by atoms with Crippen LogP contribution in [0.4, 0.5) is 0 Å². The first kappa shape index (κ1) is 12.4. The molecule has 1 aromatic heterocycles. The van der Waals surface area contributed by atoms with Gasteiger partial charge in [0.15, 0.2) is 0 Å². The molecular formula is C16H21N3. The Kier molecular flexibility index (Phi) is 2.94. The zero-order valence-electron chi connectivity index (χ0n) is 11.7. The molecule has 1 aliphatic carbocycles. The summed E-state index contributed by atoms with van der Waals surface area (Å²) in [5, 5.41) is 0. The lowest BCUT2D eigenvalue weighted by atomic mass is 9.98. The first-order valence-corrected chi connectivity index (χ1v) is 7.00. The molecule has 1 fully saturated rings. The minimum Gasteiger partial charge on any atom is -0.340 e. The Balaban J connectivity index is 1.96. The lowest BCUT2D eigenvalue weighted by Gasteiger charge is -2.20. The normalized spacial score (nSPS) is 17.8. The highest BCUT2D eigenvalue weighted by molar-refractivity contribution is 5.60. The number of hydrogen-bond acceptors (Lipinski definition) is 2. The third-order valence-electron chi connectivity index (χ3n) is 4.08. The summed E-state index contributed by atoms with van der Waals surface area (Å²) in [7, 11) is 0. The van der Waals surface area contributed by atoms with Gasteiger partial charge in [-0.1, -0.05) is 30.0 Å². The van der Waals surface area contributed by atoms with Crippen LogP contribution in [-0.2, 0) is 5.54 Å². The van der Waals surface area contributed by atoms with Crippen LogP contribution in [0.1, 0.15) is 42.6 Å². The average molecular weight is 255 g/mol. The molecule has 3 heteroatoms. The van der Waals surface area contributed by atoms with Crippen molar-refractivity contribution in [1.82, 2.24) is 9.97 Å². The Bertz CT molecular complexity index is 572. The first-order valence-electron chi connectivity index (χ1n) is 7.00. The number of nitrogens with two attached hydrogens (primary N) is 1. The van der Waals surface area contributed by atoms with Crippen molar-refractivity contribution in [1.29, 1.82) is 0 Å². The molecule has 3 nitrogen and oxygen atoms in total. The maximum atomic E-state index is 6.44. The van der Waals surface area contributed by atoms with Gasteiger partial charge in [0, 0.05) is 5.56 Å². The topological polar surface area (TPSA) is 54.7 Å². The number of hydrogen-bond donors (Lipinski definition) is 2. The van der Waals surface area contributed by atoms with E-state index in [2.05, 4.69) is 42.0 Å². The zero-order valence-corrected chi connectivity index (χ0v) is 11.7. The molecule has 19 heavy (non-hydrogen) atoms. The minimum absolute atomic E-state index is 0.239. The highest BCUT2D eigenvalue weighted by atomic mass is 15.0. The lowest BCUT2D eigenvalue weighted by Crippen LogP contribution is -2.34. The van der Waals surface area contributed by atoms with Crippen molar-refractivity contribution in [3.8, 4) is 11.3 Å². The van der Waals surface area contributed by atoms with Crippen LogP contribution in [0.25, 0.3) is 11.3 Å². The van der Waals surface area contributed by atoms with Gasteiger partial charge >= 0.3 is 0 Å². The second-order valence-electron chi connectivity index (χ2n) is 5.89. The number of H-pyrrole nitrogens is 1. The number of nitrogens with one attached hydrogen (secondary N) is 1. The van der Waals surface area contributed by atoms with Crippen molar-refractivity contribution < 1.29 is 0 Å². The van der Waals surface area contributed by atoms with Crippen molar-refractivity contribution in [3.63, 3.8) is 0 Å². The first-order chi connectivity index (χ1) is 9.07. The zero-order chi connectivity index (χ0) is 13.5. The van der Waals surface area contributed by atoms with Gasteiger partial charge in [-0.25, -0.2) is 4.98 Å². The van der Waals surface area contributed by atoms with E-state index in [4.69, 9.17) is 5.73 Å². The van der Waals surface area contributed by atoms with Gasteiger partial charge in [0.1, 0.15) is 5.82 Å². The molecule has 1 saturated carbocycles. The minimum atomic E-state index is -0.239. The van der Waals surface area contributed by atoms with E-state index in [1.54, 1.807) is 0 Å². The summed E-state index contributed by atoms with van der Waals surface area (Å²) in [6, 6.07) is 6.55. The van der Waals surface area contributed by atoms with Gasteiger partial charge in [0.2, 0.25) is 0 Å². The summed E-state index contributed by atoms with van der Waals surface area (Å²) in [4.78, 5) is 7.96. The number of aryl methyl sites for hydroxylation is 2. The SMILES string of the molecule is Cc1cc(C)cc(-c2cnc(C3(N)CCCC3)[nH]2)c1. The van der Waals surface area contributed by atoms with E-state index in [0.29, 0.717) is 0 Å². The summed E-state index contributed by atoms with van der Waals surface area (Å²) in [6.07, 6.45) is 6.39. The Labute approximate surface area is 114 Å². The maximum absolute atomic E-state index is 6.44. The Morgan fingerprint density at radius 3 is 2.37 bits per heavy atom. The van der Waals surface area contributed by atoms with Gasteiger partial charge in [-0.05, 0) is 38.8 Å². The molecule has 0 unspecified atom stereocenters. The molecular weight excluding hydrogens is 234 g/mol. The van der Waals surface area contributed by atoms with Crippen LogP contribution in [0.3, 0.4) is 0 Å². The number of aromatic nitrogens is 2. The average Bonchev–Trinajstić information content (AvgIpc) is 2.96. The van der Waals surface area contributed by atoms with Crippen LogP contribution in [-0.4, -0.2) is 9.97 Å². The molecule has 100 valence electrons. The van der Waals surface area contributed by atoms with E-state index in [1.807, 2.05) is 6.20 Å². The Morgan fingerprint density at radius 1 is 1.11 bits per heavy atom. The molecule has 0 amide bonds.